The highest BCUT2D eigenvalue weighted by Gasteiger charge is 2.11. The zero-order valence-electron chi connectivity index (χ0n) is 7.71. The molecule has 1 N–H and O–H groups in total. The monoisotopic (exact) mass is 206 g/mol. The maximum absolute atomic E-state index is 9.92. The first-order valence-corrected chi connectivity index (χ1v) is 5.21. The van der Waals surface area contributed by atoms with E-state index in [1.165, 1.54) is 0 Å². The van der Waals surface area contributed by atoms with Gasteiger partial charge in [0, 0.05) is 6.20 Å². The fourth-order valence-electron chi connectivity index (χ4n) is 1.23. The van der Waals surface area contributed by atoms with Gasteiger partial charge >= 0.3 is 0 Å². The summed E-state index contributed by atoms with van der Waals surface area (Å²) in [5.41, 5.74) is 1.53. The average Bonchev–Trinajstić information content (AvgIpc) is 2.69. The molecule has 0 radical (unpaired) electrons. The first-order valence-electron chi connectivity index (χ1n) is 4.27. The van der Waals surface area contributed by atoms with Crippen LogP contribution in [0.25, 0.3) is 0 Å². The lowest BCUT2D eigenvalue weighted by molar-refractivity contribution is 0.215. The van der Waals surface area contributed by atoms with Gasteiger partial charge in [-0.3, -0.25) is 0 Å². The van der Waals surface area contributed by atoms with Crippen LogP contribution in [0, 0.1) is 6.92 Å². The van der Waals surface area contributed by atoms with Crippen LogP contribution in [0.4, 0.5) is 0 Å². The minimum atomic E-state index is -0.636. The predicted molar refractivity (Wildman–Crippen MR) is 55.1 cm³/mol. The molecule has 72 valence electrons. The van der Waals surface area contributed by atoms with Gasteiger partial charge in [-0.2, -0.15) is 11.3 Å². The van der Waals surface area contributed by atoms with Crippen LogP contribution in [-0.2, 0) is 0 Å². The van der Waals surface area contributed by atoms with Crippen molar-refractivity contribution < 1.29 is 5.11 Å². The minimum Gasteiger partial charge on any atom is -0.382 e. The largest absolute Gasteiger partial charge is 0.382 e. The SMILES string of the molecule is Cc1nccc(C(O)c2ccsc2)n1. The molecule has 0 aliphatic rings. The van der Waals surface area contributed by atoms with Crippen molar-refractivity contribution in [1.82, 2.24) is 9.97 Å². The summed E-state index contributed by atoms with van der Waals surface area (Å²) in [6.45, 7) is 1.81. The van der Waals surface area contributed by atoms with Crippen molar-refractivity contribution in [2.45, 2.75) is 13.0 Å². The van der Waals surface area contributed by atoms with Gasteiger partial charge in [-0.15, -0.1) is 0 Å². The van der Waals surface area contributed by atoms with Crippen LogP contribution in [0.3, 0.4) is 0 Å². The molecule has 14 heavy (non-hydrogen) atoms. The maximum Gasteiger partial charge on any atom is 0.125 e. The molecule has 2 rings (SSSR count). The molecule has 0 saturated heterocycles. The quantitative estimate of drug-likeness (QED) is 0.816. The fourth-order valence-corrected chi connectivity index (χ4v) is 1.91. The Balaban J connectivity index is 2.32. The normalized spacial score (nSPS) is 12.7. The summed E-state index contributed by atoms with van der Waals surface area (Å²) in [4.78, 5) is 8.16. The van der Waals surface area contributed by atoms with E-state index < -0.39 is 6.10 Å². The molecular formula is C10H10N2OS. The van der Waals surface area contributed by atoms with Crippen molar-refractivity contribution in [1.29, 1.82) is 0 Å². The summed E-state index contributed by atoms with van der Waals surface area (Å²) in [7, 11) is 0. The lowest BCUT2D eigenvalue weighted by Gasteiger charge is -2.07. The topological polar surface area (TPSA) is 46.0 Å². The van der Waals surface area contributed by atoms with Gasteiger partial charge in [-0.05, 0) is 35.4 Å². The van der Waals surface area contributed by atoms with E-state index in [0.29, 0.717) is 11.5 Å². The lowest BCUT2D eigenvalue weighted by Crippen LogP contribution is -2.02. The molecule has 0 aromatic carbocycles. The molecule has 3 nitrogen and oxygen atoms in total. The number of hydrogen-bond acceptors (Lipinski definition) is 4. The van der Waals surface area contributed by atoms with E-state index >= 15 is 0 Å². The van der Waals surface area contributed by atoms with E-state index in [9.17, 15) is 5.11 Å². The molecule has 2 aromatic heterocycles. The molecule has 0 amide bonds. The Hall–Kier alpha value is -1.26. The molecule has 0 aliphatic carbocycles. The van der Waals surface area contributed by atoms with Crippen molar-refractivity contribution in [3.05, 3.63) is 46.2 Å². The molecule has 0 saturated carbocycles. The molecule has 1 atom stereocenters. The maximum atomic E-state index is 9.92. The Morgan fingerprint density at radius 1 is 1.43 bits per heavy atom. The molecule has 0 fully saturated rings. The van der Waals surface area contributed by atoms with Gasteiger partial charge < -0.3 is 5.11 Å². The highest BCUT2D eigenvalue weighted by atomic mass is 32.1. The average molecular weight is 206 g/mol. The van der Waals surface area contributed by atoms with Crippen molar-refractivity contribution in [2.24, 2.45) is 0 Å². The molecule has 2 aromatic rings. The van der Waals surface area contributed by atoms with E-state index in [-0.39, 0.29) is 0 Å². The second-order valence-electron chi connectivity index (χ2n) is 2.99. The third-order valence-electron chi connectivity index (χ3n) is 1.94. The van der Waals surface area contributed by atoms with Crippen molar-refractivity contribution in [2.75, 3.05) is 0 Å². The van der Waals surface area contributed by atoms with Gasteiger partial charge in [-0.1, -0.05) is 0 Å². The molecule has 0 spiro atoms. The zero-order chi connectivity index (χ0) is 9.97. The zero-order valence-corrected chi connectivity index (χ0v) is 8.53. The van der Waals surface area contributed by atoms with Crippen LogP contribution in [0.5, 0.6) is 0 Å². The number of rotatable bonds is 2. The van der Waals surface area contributed by atoms with Crippen LogP contribution in [0.15, 0.2) is 29.1 Å². The third-order valence-corrected chi connectivity index (χ3v) is 2.64. The van der Waals surface area contributed by atoms with Crippen LogP contribution in [0.2, 0.25) is 0 Å². The standard InChI is InChI=1S/C10H10N2OS/c1-7-11-4-2-9(12-7)10(13)8-3-5-14-6-8/h2-6,10,13H,1H3. The molecule has 4 heteroatoms. The Labute approximate surface area is 86.1 Å². The van der Waals surface area contributed by atoms with Gasteiger partial charge in [0.05, 0.1) is 5.69 Å². The first kappa shape index (κ1) is 9.30. The van der Waals surface area contributed by atoms with Gasteiger partial charge in [0.25, 0.3) is 0 Å². The second-order valence-corrected chi connectivity index (χ2v) is 3.77. The molecule has 0 aliphatic heterocycles. The van der Waals surface area contributed by atoms with Crippen LogP contribution in [-0.4, -0.2) is 15.1 Å². The van der Waals surface area contributed by atoms with Crippen LogP contribution >= 0.6 is 11.3 Å². The van der Waals surface area contributed by atoms with E-state index in [2.05, 4.69) is 9.97 Å². The Kier molecular flexibility index (Phi) is 2.56. The summed E-state index contributed by atoms with van der Waals surface area (Å²) in [6.07, 6.45) is 1.02. The summed E-state index contributed by atoms with van der Waals surface area (Å²) >= 11 is 1.56. The number of aliphatic hydroxyl groups is 1. The first-order chi connectivity index (χ1) is 6.77. The summed E-state index contributed by atoms with van der Waals surface area (Å²) in [5, 5.41) is 13.8. The predicted octanol–water partition coefficient (Wildman–Crippen LogP) is 1.93. The van der Waals surface area contributed by atoms with Crippen molar-refractivity contribution in [3.63, 3.8) is 0 Å². The molecule has 2 heterocycles. The Morgan fingerprint density at radius 2 is 2.29 bits per heavy atom. The van der Waals surface area contributed by atoms with E-state index in [1.54, 1.807) is 23.6 Å². The molecular weight excluding hydrogens is 196 g/mol. The number of hydrogen-bond donors (Lipinski definition) is 1. The summed E-state index contributed by atoms with van der Waals surface area (Å²) < 4.78 is 0. The smallest absolute Gasteiger partial charge is 0.125 e. The summed E-state index contributed by atoms with van der Waals surface area (Å²) in [6, 6.07) is 3.63. The fraction of sp³-hybridized carbons (Fsp3) is 0.200. The van der Waals surface area contributed by atoms with Gasteiger partial charge in [0.1, 0.15) is 11.9 Å². The van der Waals surface area contributed by atoms with Gasteiger partial charge in [0.15, 0.2) is 0 Å². The highest BCUT2D eigenvalue weighted by molar-refractivity contribution is 7.07. The van der Waals surface area contributed by atoms with E-state index in [0.717, 1.165) is 5.56 Å². The van der Waals surface area contributed by atoms with E-state index in [1.807, 2.05) is 23.8 Å². The van der Waals surface area contributed by atoms with Gasteiger partial charge in [0.2, 0.25) is 0 Å². The number of aromatic nitrogens is 2. The summed E-state index contributed by atoms with van der Waals surface area (Å²) in [5.74, 6) is 0.678. The second kappa shape index (κ2) is 3.86. The molecule has 0 bridgehead atoms. The highest BCUT2D eigenvalue weighted by Crippen LogP contribution is 2.21. The van der Waals surface area contributed by atoms with Crippen LogP contribution < -0.4 is 0 Å². The van der Waals surface area contributed by atoms with Crippen molar-refractivity contribution >= 4 is 11.3 Å². The molecule has 1 unspecified atom stereocenters. The number of aliphatic hydroxyl groups excluding tert-OH is 1. The lowest BCUT2D eigenvalue weighted by atomic mass is 10.1. The van der Waals surface area contributed by atoms with Crippen molar-refractivity contribution in [3.8, 4) is 0 Å². The minimum absolute atomic E-state index is 0.636. The van der Waals surface area contributed by atoms with Gasteiger partial charge in [-0.25, -0.2) is 9.97 Å². The number of thiophene rings is 1. The van der Waals surface area contributed by atoms with Crippen LogP contribution in [0.1, 0.15) is 23.2 Å². The number of nitrogens with zero attached hydrogens (tertiary/aromatic N) is 2. The van der Waals surface area contributed by atoms with E-state index in [4.69, 9.17) is 0 Å². The Morgan fingerprint density at radius 3 is 2.93 bits per heavy atom. The Bertz CT molecular complexity index is 414. The number of aryl methyl sites for hydroxylation is 1. The third kappa shape index (κ3) is 1.81.